The molecule has 1 unspecified atom stereocenters. The zero-order valence-corrected chi connectivity index (χ0v) is 12.0. The Balaban J connectivity index is 1.88. The molecule has 1 aliphatic heterocycles. The quantitative estimate of drug-likeness (QED) is 0.848. The van der Waals surface area contributed by atoms with Gasteiger partial charge in [0.05, 0.1) is 0 Å². The Morgan fingerprint density at radius 1 is 1.29 bits per heavy atom. The standard InChI is InChI=1S/C15H18N4O2/c1-11(20)19-10-4-2-3-5-13(19)15-17-14(18-21-15)12-6-8-16-9-7-12/h6-9,13H,2-5,10H2,1H3. The first-order valence-corrected chi connectivity index (χ1v) is 7.27. The van der Waals surface area contributed by atoms with Gasteiger partial charge in [-0.2, -0.15) is 4.98 Å². The predicted molar refractivity (Wildman–Crippen MR) is 76.1 cm³/mol. The molecule has 1 saturated heterocycles. The fourth-order valence-electron chi connectivity index (χ4n) is 2.73. The van der Waals surface area contributed by atoms with Gasteiger partial charge in [-0.1, -0.05) is 18.0 Å². The number of aromatic nitrogens is 3. The number of hydrogen-bond acceptors (Lipinski definition) is 5. The molecular weight excluding hydrogens is 268 g/mol. The number of pyridine rings is 1. The van der Waals surface area contributed by atoms with E-state index in [0.717, 1.165) is 37.8 Å². The smallest absolute Gasteiger partial charge is 0.249 e. The maximum absolute atomic E-state index is 11.8. The summed E-state index contributed by atoms with van der Waals surface area (Å²) < 4.78 is 5.42. The summed E-state index contributed by atoms with van der Waals surface area (Å²) in [6.07, 6.45) is 7.49. The lowest BCUT2D eigenvalue weighted by Crippen LogP contribution is -2.33. The van der Waals surface area contributed by atoms with Crippen LogP contribution in [-0.4, -0.2) is 32.5 Å². The Bertz CT molecular complexity index is 611. The topological polar surface area (TPSA) is 72.1 Å². The highest BCUT2D eigenvalue weighted by atomic mass is 16.5. The van der Waals surface area contributed by atoms with Crippen LogP contribution in [0.25, 0.3) is 11.4 Å². The highest BCUT2D eigenvalue weighted by Gasteiger charge is 2.29. The first-order chi connectivity index (χ1) is 10.3. The maximum atomic E-state index is 11.8. The van der Waals surface area contributed by atoms with Gasteiger partial charge >= 0.3 is 0 Å². The molecule has 110 valence electrons. The molecule has 6 nitrogen and oxygen atoms in total. The highest BCUT2D eigenvalue weighted by molar-refractivity contribution is 5.73. The molecule has 0 aromatic carbocycles. The molecular formula is C15H18N4O2. The number of likely N-dealkylation sites (tertiary alicyclic amines) is 1. The molecule has 2 aromatic rings. The molecule has 1 aliphatic rings. The van der Waals surface area contributed by atoms with Crippen molar-refractivity contribution in [1.29, 1.82) is 0 Å². The van der Waals surface area contributed by atoms with Crippen molar-refractivity contribution >= 4 is 5.91 Å². The average molecular weight is 286 g/mol. The number of amides is 1. The Morgan fingerprint density at radius 2 is 2.10 bits per heavy atom. The predicted octanol–water partition coefficient (Wildman–Crippen LogP) is 2.60. The lowest BCUT2D eigenvalue weighted by Gasteiger charge is -2.25. The molecule has 3 rings (SSSR count). The lowest BCUT2D eigenvalue weighted by molar-refractivity contribution is -0.131. The van der Waals surface area contributed by atoms with Crippen molar-refractivity contribution in [1.82, 2.24) is 20.0 Å². The summed E-state index contributed by atoms with van der Waals surface area (Å²) in [4.78, 5) is 22.1. The molecule has 21 heavy (non-hydrogen) atoms. The second-order valence-corrected chi connectivity index (χ2v) is 5.27. The van der Waals surface area contributed by atoms with E-state index >= 15 is 0 Å². The molecule has 0 spiro atoms. The largest absolute Gasteiger partial charge is 0.337 e. The van der Waals surface area contributed by atoms with Crippen LogP contribution in [0.1, 0.15) is 44.5 Å². The fraction of sp³-hybridized carbons (Fsp3) is 0.467. The number of rotatable bonds is 2. The van der Waals surface area contributed by atoms with Crippen molar-refractivity contribution in [2.24, 2.45) is 0 Å². The van der Waals surface area contributed by atoms with E-state index < -0.39 is 0 Å². The Kier molecular flexibility index (Phi) is 3.94. The van der Waals surface area contributed by atoms with Crippen LogP contribution in [0.5, 0.6) is 0 Å². The molecule has 0 aliphatic carbocycles. The van der Waals surface area contributed by atoms with Crippen LogP contribution >= 0.6 is 0 Å². The molecule has 1 amide bonds. The first kappa shape index (κ1) is 13.7. The van der Waals surface area contributed by atoms with E-state index in [1.165, 1.54) is 0 Å². The number of carbonyl (C=O) groups excluding carboxylic acids is 1. The third-order valence-corrected chi connectivity index (χ3v) is 3.82. The molecule has 6 heteroatoms. The highest BCUT2D eigenvalue weighted by Crippen LogP contribution is 2.30. The molecule has 1 fully saturated rings. The SMILES string of the molecule is CC(=O)N1CCCCCC1c1nc(-c2ccncc2)no1. The summed E-state index contributed by atoms with van der Waals surface area (Å²) in [6, 6.07) is 3.57. The van der Waals surface area contributed by atoms with Gasteiger partial charge in [-0.15, -0.1) is 0 Å². The van der Waals surface area contributed by atoms with Crippen molar-refractivity contribution in [3.8, 4) is 11.4 Å². The summed E-state index contributed by atoms with van der Waals surface area (Å²) in [6.45, 7) is 2.35. The summed E-state index contributed by atoms with van der Waals surface area (Å²) in [5.41, 5.74) is 0.864. The van der Waals surface area contributed by atoms with Gasteiger partial charge in [0.25, 0.3) is 0 Å². The van der Waals surface area contributed by atoms with Gasteiger partial charge < -0.3 is 9.42 Å². The van der Waals surface area contributed by atoms with Gasteiger partial charge in [0.1, 0.15) is 6.04 Å². The molecule has 3 heterocycles. The van der Waals surface area contributed by atoms with Crippen LogP contribution < -0.4 is 0 Å². The van der Waals surface area contributed by atoms with Gasteiger partial charge in [-0.25, -0.2) is 0 Å². The van der Waals surface area contributed by atoms with Gasteiger partial charge in [0.2, 0.25) is 17.6 Å². The van der Waals surface area contributed by atoms with E-state index in [4.69, 9.17) is 4.52 Å². The van der Waals surface area contributed by atoms with Crippen molar-refractivity contribution in [3.05, 3.63) is 30.4 Å². The van der Waals surface area contributed by atoms with E-state index in [1.807, 2.05) is 17.0 Å². The van der Waals surface area contributed by atoms with Gasteiger partial charge in [0.15, 0.2) is 0 Å². The first-order valence-electron chi connectivity index (χ1n) is 7.27. The molecule has 1 atom stereocenters. The van der Waals surface area contributed by atoms with Crippen LogP contribution in [0.3, 0.4) is 0 Å². The zero-order valence-electron chi connectivity index (χ0n) is 12.0. The minimum Gasteiger partial charge on any atom is -0.337 e. The van der Waals surface area contributed by atoms with E-state index in [9.17, 15) is 4.79 Å². The van der Waals surface area contributed by atoms with Crippen molar-refractivity contribution in [2.75, 3.05) is 6.54 Å². The number of nitrogens with zero attached hydrogens (tertiary/aromatic N) is 4. The van der Waals surface area contributed by atoms with Crippen LogP contribution in [0.2, 0.25) is 0 Å². The maximum Gasteiger partial charge on any atom is 0.249 e. The second-order valence-electron chi connectivity index (χ2n) is 5.27. The zero-order chi connectivity index (χ0) is 14.7. The Hall–Kier alpha value is -2.24. The summed E-state index contributed by atoms with van der Waals surface area (Å²) in [5.74, 6) is 1.13. The minimum atomic E-state index is -0.104. The van der Waals surface area contributed by atoms with Gasteiger partial charge in [-0.05, 0) is 25.0 Å². The summed E-state index contributed by atoms with van der Waals surface area (Å²) >= 11 is 0. The molecule has 2 aromatic heterocycles. The van der Waals surface area contributed by atoms with E-state index in [1.54, 1.807) is 19.3 Å². The van der Waals surface area contributed by atoms with E-state index in [-0.39, 0.29) is 11.9 Å². The van der Waals surface area contributed by atoms with Crippen LogP contribution in [0, 0.1) is 0 Å². The van der Waals surface area contributed by atoms with Crippen molar-refractivity contribution in [3.63, 3.8) is 0 Å². The third-order valence-electron chi connectivity index (χ3n) is 3.82. The van der Waals surface area contributed by atoms with Crippen molar-refractivity contribution in [2.45, 2.75) is 38.6 Å². The van der Waals surface area contributed by atoms with Gasteiger partial charge in [-0.3, -0.25) is 9.78 Å². The fourth-order valence-corrected chi connectivity index (χ4v) is 2.73. The summed E-state index contributed by atoms with van der Waals surface area (Å²) in [5, 5.41) is 4.03. The molecule has 0 saturated carbocycles. The van der Waals surface area contributed by atoms with Gasteiger partial charge in [0, 0.05) is 31.4 Å². The molecule has 0 N–H and O–H groups in total. The third kappa shape index (κ3) is 2.94. The molecule has 0 radical (unpaired) electrons. The lowest BCUT2D eigenvalue weighted by atomic mass is 10.1. The average Bonchev–Trinajstić information content (AvgIpc) is 2.85. The Morgan fingerprint density at radius 3 is 2.86 bits per heavy atom. The van der Waals surface area contributed by atoms with E-state index in [0.29, 0.717) is 11.7 Å². The summed E-state index contributed by atoms with van der Waals surface area (Å²) in [7, 11) is 0. The van der Waals surface area contributed by atoms with Crippen LogP contribution in [0.15, 0.2) is 29.0 Å². The normalized spacial score (nSPS) is 19.3. The number of hydrogen-bond donors (Lipinski definition) is 0. The monoisotopic (exact) mass is 286 g/mol. The van der Waals surface area contributed by atoms with Crippen LogP contribution in [-0.2, 0) is 4.79 Å². The van der Waals surface area contributed by atoms with Crippen molar-refractivity contribution < 1.29 is 9.32 Å². The second kappa shape index (κ2) is 6.03. The van der Waals surface area contributed by atoms with Crippen LogP contribution in [0.4, 0.5) is 0 Å². The number of carbonyl (C=O) groups is 1. The van der Waals surface area contributed by atoms with E-state index in [2.05, 4.69) is 15.1 Å². The minimum absolute atomic E-state index is 0.0607. The molecule has 0 bridgehead atoms. The Labute approximate surface area is 123 Å².